The SMILES string of the molecule is C[C@H](NCc1nnc(-c2cccs2)o1)[C@H]1COc2ccccc21. The average molecular weight is 327 g/mol. The Hall–Kier alpha value is -2.18. The molecule has 0 aliphatic carbocycles. The number of hydrogen-bond acceptors (Lipinski definition) is 6. The molecule has 2 atom stereocenters. The fourth-order valence-corrected chi connectivity index (χ4v) is 3.46. The van der Waals surface area contributed by atoms with Gasteiger partial charge in [-0.25, -0.2) is 0 Å². The second kappa shape index (κ2) is 6.14. The predicted octanol–water partition coefficient (Wildman–Crippen LogP) is 3.45. The minimum absolute atomic E-state index is 0.260. The summed E-state index contributed by atoms with van der Waals surface area (Å²) in [6.45, 7) is 3.42. The van der Waals surface area contributed by atoms with Gasteiger partial charge in [0.1, 0.15) is 5.75 Å². The van der Waals surface area contributed by atoms with Crippen LogP contribution in [0.5, 0.6) is 5.75 Å². The molecule has 1 aliphatic heterocycles. The van der Waals surface area contributed by atoms with E-state index in [1.807, 2.05) is 29.6 Å². The maximum Gasteiger partial charge on any atom is 0.257 e. The van der Waals surface area contributed by atoms with E-state index < -0.39 is 0 Å². The third-order valence-electron chi connectivity index (χ3n) is 4.11. The zero-order valence-electron chi connectivity index (χ0n) is 12.7. The van der Waals surface area contributed by atoms with Crippen molar-refractivity contribution >= 4 is 11.3 Å². The number of nitrogens with one attached hydrogen (secondary N) is 1. The zero-order valence-corrected chi connectivity index (χ0v) is 13.5. The Balaban J connectivity index is 1.40. The van der Waals surface area contributed by atoms with Crippen LogP contribution in [0.4, 0.5) is 0 Å². The molecule has 1 aromatic carbocycles. The van der Waals surface area contributed by atoms with Crippen molar-refractivity contribution in [3.63, 3.8) is 0 Å². The summed E-state index contributed by atoms with van der Waals surface area (Å²) in [5.41, 5.74) is 1.26. The van der Waals surface area contributed by atoms with Gasteiger partial charge in [0.05, 0.1) is 18.0 Å². The summed E-state index contributed by atoms with van der Waals surface area (Å²) in [4.78, 5) is 0.995. The number of nitrogens with zero attached hydrogens (tertiary/aromatic N) is 2. The molecule has 4 rings (SSSR count). The number of rotatable bonds is 5. The molecule has 6 heteroatoms. The second-order valence-corrected chi connectivity index (χ2v) is 6.55. The van der Waals surface area contributed by atoms with Gasteiger partial charge in [0, 0.05) is 17.5 Å². The molecule has 1 N–H and O–H groups in total. The molecular formula is C17H17N3O2S. The quantitative estimate of drug-likeness (QED) is 0.778. The van der Waals surface area contributed by atoms with Gasteiger partial charge < -0.3 is 14.5 Å². The number of benzene rings is 1. The molecule has 3 heterocycles. The van der Waals surface area contributed by atoms with Crippen molar-refractivity contribution in [2.24, 2.45) is 0 Å². The molecule has 0 amide bonds. The van der Waals surface area contributed by atoms with Crippen molar-refractivity contribution < 1.29 is 9.15 Å². The first kappa shape index (κ1) is 14.4. The van der Waals surface area contributed by atoms with Crippen LogP contribution in [0.1, 0.15) is 24.3 Å². The summed E-state index contributed by atoms with van der Waals surface area (Å²) >= 11 is 1.59. The standard InChI is InChI=1S/C17H17N3O2S/c1-11(13-10-21-14-6-3-2-5-12(13)14)18-9-16-19-20-17(22-16)15-7-4-8-23-15/h2-8,11,13,18H,9-10H2,1H3/t11-,13+/m0/s1. The molecule has 5 nitrogen and oxygen atoms in total. The molecule has 3 aromatic rings. The lowest BCUT2D eigenvalue weighted by Crippen LogP contribution is -2.32. The lowest BCUT2D eigenvalue weighted by molar-refractivity contribution is 0.300. The largest absolute Gasteiger partial charge is 0.493 e. The van der Waals surface area contributed by atoms with Crippen LogP contribution >= 0.6 is 11.3 Å². The van der Waals surface area contributed by atoms with Crippen molar-refractivity contribution in [3.8, 4) is 16.5 Å². The van der Waals surface area contributed by atoms with Gasteiger partial charge in [-0.15, -0.1) is 21.5 Å². The Labute approximate surface area is 138 Å². The van der Waals surface area contributed by atoms with Crippen LogP contribution in [0.3, 0.4) is 0 Å². The fraction of sp³-hybridized carbons (Fsp3) is 0.294. The number of hydrogen-bond donors (Lipinski definition) is 1. The van der Waals surface area contributed by atoms with Crippen LogP contribution in [0.15, 0.2) is 46.2 Å². The Bertz CT molecular complexity index is 785. The molecule has 0 fully saturated rings. The lowest BCUT2D eigenvalue weighted by atomic mass is 9.94. The number of ether oxygens (including phenoxy) is 1. The normalized spacial score (nSPS) is 17.7. The molecule has 0 saturated heterocycles. The summed E-state index contributed by atoms with van der Waals surface area (Å²) in [6, 6.07) is 12.4. The third-order valence-corrected chi connectivity index (χ3v) is 4.97. The van der Waals surface area contributed by atoms with Crippen LogP contribution in [0.2, 0.25) is 0 Å². The lowest BCUT2D eigenvalue weighted by Gasteiger charge is -2.18. The number of aromatic nitrogens is 2. The van der Waals surface area contributed by atoms with Gasteiger partial charge >= 0.3 is 0 Å². The molecule has 0 spiro atoms. The van der Waals surface area contributed by atoms with E-state index in [2.05, 4.69) is 34.6 Å². The summed E-state index contributed by atoms with van der Waals surface area (Å²) in [7, 11) is 0. The van der Waals surface area contributed by atoms with Crippen LogP contribution in [-0.2, 0) is 6.54 Å². The highest BCUT2D eigenvalue weighted by Crippen LogP contribution is 2.35. The van der Waals surface area contributed by atoms with Crippen LogP contribution in [-0.4, -0.2) is 22.8 Å². The Morgan fingerprint density at radius 1 is 1.26 bits per heavy atom. The van der Waals surface area contributed by atoms with E-state index in [0.717, 1.165) is 10.6 Å². The summed E-state index contributed by atoms with van der Waals surface area (Å²) in [6.07, 6.45) is 0. The van der Waals surface area contributed by atoms with Gasteiger partial charge in [0.2, 0.25) is 5.89 Å². The summed E-state index contributed by atoms with van der Waals surface area (Å²) < 4.78 is 11.5. The van der Waals surface area contributed by atoms with Crippen molar-refractivity contribution in [3.05, 3.63) is 53.2 Å². The number of thiophene rings is 1. The first-order valence-electron chi connectivity index (χ1n) is 7.62. The van der Waals surface area contributed by atoms with E-state index >= 15 is 0 Å². The summed E-state index contributed by atoms with van der Waals surface area (Å²) in [5, 5.41) is 13.7. The average Bonchev–Trinajstić information content (AvgIpc) is 3.31. The van der Waals surface area contributed by atoms with Gasteiger partial charge in [-0.3, -0.25) is 0 Å². The van der Waals surface area contributed by atoms with Gasteiger partial charge in [-0.05, 0) is 24.4 Å². The number of fused-ring (bicyclic) bond motifs is 1. The maximum absolute atomic E-state index is 5.75. The molecule has 0 saturated carbocycles. The van der Waals surface area contributed by atoms with E-state index in [1.54, 1.807) is 11.3 Å². The van der Waals surface area contributed by atoms with Crippen molar-refractivity contribution in [1.29, 1.82) is 0 Å². The number of para-hydroxylation sites is 1. The molecule has 0 radical (unpaired) electrons. The first-order valence-corrected chi connectivity index (χ1v) is 8.50. The molecular weight excluding hydrogens is 310 g/mol. The van der Waals surface area contributed by atoms with Gasteiger partial charge in [-0.1, -0.05) is 24.3 Å². The van der Waals surface area contributed by atoms with Crippen molar-refractivity contribution in [2.75, 3.05) is 6.61 Å². The Kier molecular flexibility index (Phi) is 3.85. The second-order valence-electron chi connectivity index (χ2n) is 5.60. The topological polar surface area (TPSA) is 60.2 Å². The van der Waals surface area contributed by atoms with E-state index in [1.165, 1.54) is 5.56 Å². The first-order chi connectivity index (χ1) is 11.3. The fourth-order valence-electron chi connectivity index (χ4n) is 2.82. The smallest absolute Gasteiger partial charge is 0.257 e. The molecule has 0 unspecified atom stereocenters. The molecule has 0 bridgehead atoms. The zero-order chi connectivity index (χ0) is 15.6. The van der Waals surface area contributed by atoms with Gasteiger partial charge in [0.15, 0.2) is 0 Å². The molecule has 23 heavy (non-hydrogen) atoms. The van der Waals surface area contributed by atoms with Crippen molar-refractivity contribution in [1.82, 2.24) is 15.5 Å². The van der Waals surface area contributed by atoms with Crippen LogP contribution in [0, 0.1) is 0 Å². The maximum atomic E-state index is 5.75. The Morgan fingerprint density at radius 2 is 2.17 bits per heavy atom. The molecule has 118 valence electrons. The van der Waals surface area contributed by atoms with E-state index in [4.69, 9.17) is 9.15 Å². The third kappa shape index (κ3) is 2.87. The highest BCUT2D eigenvalue weighted by Gasteiger charge is 2.28. The summed E-state index contributed by atoms with van der Waals surface area (Å²) in [5.74, 6) is 2.52. The van der Waals surface area contributed by atoms with E-state index in [0.29, 0.717) is 30.9 Å². The molecule has 1 aliphatic rings. The highest BCUT2D eigenvalue weighted by atomic mass is 32.1. The minimum atomic E-state index is 0.260. The van der Waals surface area contributed by atoms with Gasteiger partial charge in [-0.2, -0.15) is 0 Å². The van der Waals surface area contributed by atoms with Gasteiger partial charge in [0.25, 0.3) is 5.89 Å². The minimum Gasteiger partial charge on any atom is -0.493 e. The van der Waals surface area contributed by atoms with E-state index in [-0.39, 0.29) is 6.04 Å². The van der Waals surface area contributed by atoms with Crippen LogP contribution in [0.25, 0.3) is 10.8 Å². The van der Waals surface area contributed by atoms with Crippen molar-refractivity contribution in [2.45, 2.75) is 25.4 Å². The van der Waals surface area contributed by atoms with Crippen LogP contribution < -0.4 is 10.1 Å². The predicted molar refractivity (Wildman–Crippen MR) is 88.6 cm³/mol. The molecule has 2 aromatic heterocycles. The monoisotopic (exact) mass is 327 g/mol. The Morgan fingerprint density at radius 3 is 3.04 bits per heavy atom. The highest BCUT2D eigenvalue weighted by molar-refractivity contribution is 7.13. The van der Waals surface area contributed by atoms with E-state index in [9.17, 15) is 0 Å².